The molecule has 10 nitrogen and oxygen atoms in total. The molecular formula is C18H15N3O7. The number of carboxylic acids is 1. The monoisotopic (exact) mass is 385 g/mol. The summed E-state index contributed by atoms with van der Waals surface area (Å²) >= 11 is 0. The number of esters is 1. The lowest BCUT2D eigenvalue weighted by molar-refractivity contribution is -0.137. The van der Waals surface area contributed by atoms with Crippen LogP contribution in [0.25, 0.3) is 11.3 Å². The first kappa shape index (κ1) is 17.6. The quantitative estimate of drug-likeness (QED) is 0.627. The predicted molar refractivity (Wildman–Crippen MR) is 93.8 cm³/mol. The third-order valence-electron chi connectivity index (χ3n) is 4.50. The first-order valence-corrected chi connectivity index (χ1v) is 8.27. The van der Waals surface area contributed by atoms with E-state index in [1.165, 1.54) is 24.1 Å². The summed E-state index contributed by atoms with van der Waals surface area (Å²) in [6, 6.07) is 4.36. The number of fused-ring (bicyclic) bond motifs is 2. The van der Waals surface area contributed by atoms with Crippen LogP contribution < -0.4 is 15.0 Å². The number of aromatic nitrogens is 3. The van der Waals surface area contributed by atoms with E-state index in [-0.39, 0.29) is 30.0 Å². The number of methoxy groups -OCH3 is 1. The molecule has 0 aromatic heterocycles. The molecule has 0 saturated carbocycles. The fraction of sp³-hybridized carbons (Fsp3) is 0.222. The van der Waals surface area contributed by atoms with Gasteiger partial charge in [0.25, 0.3) is 5.56 Å². The highest BCUT2D eigenvalue weighted by Crippen LogP contribution is 2.36. The number of ether oxygens (including phenoxy) is 3. The zero-order valence-electron chi connectivity index (χ0n) is 14.7. The Morgan fingerprint density at radius 1 is 1.32 bits per heavy atom. The second-order valence-electron chi connectivity index (χ2n) is 6.15. The predicted octanol–water partition coefficient (Wildman–Crippen LogP) is 1.26. The number of aromatic amines is 1. The highest BCUT2D eigenvalue weighted by molar-refractivity contribution is 5.96. The van der Waals surface area contributed by atoms with Crippen LogP contribution in [0.15, 0.2) is 35.4 Å². The highest BCUT2D eigenvalue weighted by atomic mass is 16.7. The number of rotatable bonds is 5. The van der Waals surface area contributed by atoms with E-state index in [1.54, 1.807) is 18.2 Å². The summed E-state index contributed by atoms with van der Waals surface area (Å²) in [7, 11) is 1.21. The molecule has 0 saturated heterocycles. The lowest BCUT2D eigenvalue weighted by Crippen LogP contribution is -2.19. The molecule has 1 aromatic carbocycles. The van der Waals surface area contributed by atoms with E-state index in [0.29, 0.717) is 17.1 Å². The molecule has 3 aliphatic rings. The topological polar surface area (TPSA) is 133 Å². The molecule has 4 rings (SSSR count). The zero-order chi connectivity index (χ0) is 19.8. The maximum Gasteiger partial charge on any atom is 0.341 e. The number of benzene rings is 1. The van der Waals surface area contributed by atoms with Gasteiger partial charge in [0, 0.05) is 12.4 Å². The van der Waals surface area contributed by atoms with Gasteiger partial charge in [-0.15, -0.1) is 0 Å². The number of pyridine rings is 1. The van der Waals surface area contributed by atoms with Crippen LogP contribution in [0.2, 0.25) is 0 Å². The number of nitrogens with one attached hydrogen (secondary N) is 1. The fourth-order valence-electron chi connectivity index (χ4n) is 3.18. The Hall–Kier alpha value is -3.82. The van der Waals surface area contributed by atoms with Crippen LogP contribution in [0.5, 0.6) is 11.5 Å². The van der Waals surface area contributed by atoms with Crippen LogP contribution in [0.3, 0.4) is 0 Å². The number of carbonyl (C=O) groups excluding carboxylic acids is 1. The van der Waals surface area contributed by atoms with Crippen LogP contribution in [-0.2, 0) is 9.53 Å². The Labute approximate surface area is 157 Å². The average Bonchev–Trinajstić information content (AvgIpc) is 3.31. The van der Waals surface area contributed by atoms with Crippen molar-refractivity contribution in [3.05, 3.63) is 52.1 Å². The molecule has 1 atom stereocenters. The third-order valence-corrected chi connectivity index (χ3v) is 4.50. The maximum absolute atomic E-state index is 12.2. The smallest absolute Gasteiger partial charge is 0.341 e. The number of hydrogen-bond donors (Lipinski definition) is 2. The van der Waals surface area contributed by atoms with Gasteiger partial charge >= 0.3 is 11.9 Å². The van der Waals surface area contributed by atoms with E-state index in [2.05, 4.69) is 10.2 Å². The van der Waals surface area contributed by atoms with Crippen molar-refractivity contribution in [2.24, 2.45) is 0 Å². The molecule has 0 spiro atoms. The van der Waals surface area contributed by atoms with Crippen LogP contribution in [0.4, 0.5) is 0 Å². The normalized spacial score (nSPS) is 13.5. The number of aliphatic carboxylic acids is 1. The maximum atomic E-state index is 12.2. The van der Waals surface area contributed by atoms with Crippen molar-refractivity contribution in [1.82, 2.24) is 14.8 Å². The molecule has 0 unspecified atom stereocenters. The molecule has 2 N–H and O–H groups in total. The summed E-state index contributed by atoms with van der Waals surface area (Å²) in [5.41, 5.74) is 0.485. The second kappa shape index (κ2) is 6.72. The van der Waals surface area contributed by atoms with E-state index >= 15 is 0 Å². The molecule has 1 aromatic rings. The van der Waals surface area contributed by atoms with E-state index in [0.717, 1.165) is 0 Å². The lowest BCUT2D eigenvalue weighted by Gasteiger charge is -2.21. The van der Waals surface area contributed by atoms with Crippen LogP contribution in [0.1, 0.15) is 28.4 Å². The standard InChI is InChI=1S/C18H15N3O7/c1-26-18(25)11-7-21(6-10-16(11)19-20-17(10)24)12(5-15(22)23)9-2-3-13-14(4-9)28-8-27-13/h2-4,6-7,12H,5,8H2,1H3,(H,20,24)(H,22,23)/t12-/m0/s1. The van der Waals surface area contributed by atoms with Gasteiger partial charge in [0.2, 0.25) is 6.79 Å². The fourth-order valence-corrected chi connectivity index (χ4v) is 3.18. The molecule has 144 valence electrons. The Balaban J connectivity index is 1.89. The van der Waals surface area contributed by atoms with E-state index < -0.39 is 23.5 Å². The van der Waals surface area contributed by atoms with Gasteiger partial charge in [-0.25, -0.2) is 9.89 Å². The molecule has 0 bridgehead atoms. The molecule has 0 amide bonds. The van der Waals surface area contributed by atoms with Gasteiger partial charge in [0.05, 0.1) is 25.1 Å². The van der Waals surface area contributed by atoms with Gasteiger partial charge in [-0.1, -0.05) is 6.07 Å². The third kappa shape index (κ3) is 2.94. The Morgan fingerprint density at radius 3 is 2.86 bits per heavy atom. The molecule has 3 heterocycles. The van der Waals surface area contributed by atoms with Crippen molar-refractivity contribution in [3.8, 4) is 22.8 Å². The minimum atomic E-state index is -1.05. The number of carboxylic acid groups (broad SMARTS) is 1. The van der Waals surface area contributed by atoms with Crippen molar-refractivity contribution in [1.29, 1.82) is 0 Å². The number of hydrogen-bond acceptors (Lipinski definition) is 7. The molecule has 10 heteroatoms. The lowest BCUT2D eigenvalue weighted by atomic mass is 10.0. The van der Waals surface area contributed by atoms with Crippen molar-refractivity contribution < 1.29 is 28.9 Å². The van der Waals surface area contributed by atoms with Gasteiger partial charge in [0.1, 0.15) is 11.3 Å². The summed E-state index contributed by atoms with van der Waals surface area (Å²) in [4.78, 5) is 35.8. The van der Waals surface area contributed by atoms with Crippen molar-refractivity contribution in [2.45, 2.75) is 12.5 Å². The van der Waals surface area contributed by atoms with Gasteiger partial charge in [-0.3, -0.25) is 9.59 Å². The van der Waals surface area contributed by atoms with Crippen LogP contribution in [0, 0.1) is 0 Å². The average molecular weight is 385 g/mol. The SMILES string of the molecule is COC(=O)c1cn([C@@H](CC(=O)O)c2ccc3c(c2)OCO3)cc2c(=O)[nH]nc1-2. The van der Waals surface area contributed by atoms with Crippen molar-refractivity contribution in [2.75, 3.05) is 13.9 Å². The minimum Gasteiger partial charge on any atom is -0.481 e. The highest BCUT2D eigenvalue weighted by Gasteiger charge is 2.26. The molecule has 0 radical (unpaired) electrons. The number of H-pyrrole nitrogens is 1. The number of carbonyl (C=O) groups is 2. The van der Waals surface area contributed by atoms with E-state index in [9.17, 15) is 19.5 Å². The minimum absolute atomic E-state index is 0.0504. The zero-order valence-corrected chi connectivity index (χ0v) is 14.7. The van der Waals surface area contributed by atoms with Gasteiger partial charge in [-0.05, 0) is 17.7 Å². The second-order valence-corrected chi connectivity index (χ2v) is 6.15. The van der Waals surface area contributed by atoms with Crippen molar-refractivity contribution >= 4 is 11.9 Å². The Morgan fingerprint density at radius 2 is 2.11 bits per heavy atom. The molecular weight excluding hydrogens is 370 g/mol. The summed E-state index contributed by atoms with van der Waals surface area (Å²) < 4.78 is 16.9. The van der Waals surface area contributed by atoms with Gasteiger partial charge in [0.15, 0.2) is 11.5 Å². The molecule has 28 heavy (non-hydrogen) atoms. The molecule has 0 fully saturated rings. The summed E-state index contributed by atoms with van der Waals surface area (Å²) in [6.07, 6.45) is 2.60. The Kier molecular flexibility index (Phi) is 4.22. The first-order valence-electron chi connectivity index (χ1n) is 8.27. The molecule has 3 aliphatic heterocycles. The first-order chi connectivity index (χ1) is 13.5. The Bertz CT molecular complexity index is 1100. The summed E-state index contributed by atoms with van der Waals surface area (Å²) in [6.45, 7) is 0.0858. The van der Waals surface area contributed by atoms with Crippen molar-refractivity contribution in [3.63, 3.8) is 0 Å². The van der Waals surface area contributed by atoms with Gasteiger partial charge < -0.3 is 23.9 Å². The van der Waals surface area contributed by atoms with Crippen LogP contribution in [-0.4, -0.2) is 45.7 Å². The van der Waals surface area contributed by atoms with Gasteiger partial charge in [-0.2, -0.15) is 5.10 Å². The summed E-state index contributed by atoms with van der Waals surface area (Å²) in [5, 5.41) is 15.6. The van der Waals surface area contributed by atoms with Crippen LogP contribution >= 0.6 is 0 Å². The summed E-state index contributed by atoms with van der Waals surface area (Å²) in [5.74, 6) is -0.684. The van der Waals surface area contributed by atoms with E-state index in [1.807, 2.05) is 0 Å². The van der Waals surface area contributed by atoms with E-state index in [4.69, 9.17) is 14.2 Å². The number of nitrogens with zero attached hydrogens (tertiary/aromatic N) is 2. The molecule has 0 aliphatic carbocycles. The largest absolute Gasteiger partial charge is 0.481 e.